The molecule has 1 aliphatic carbocycles. The van der Waals surface area contributed by atoms with Gasteiger partial charge in [-0.2, -0.15) is 5.10 Å². The number of ether oxygens (including phenoxy) is 1. The van der Waals surface area contributed by atoms with Crippen molar-refractivity contribution in [2.24, 2.45) is 10.5 Å². The molecule has 0 saturated heterocycles. The Balaban J connectivity index is 1.86. The number of rotatable bonds is 4. The van der Waals surface area contributed by atoms with Crippen LogP contribution in [0.3, 0.4) is 0 Å². The summed E-state index contributed by atoms with van der Waals surface area (Å²) in [6.45, 7) is 4.16. The zero-order valence-electron chi connectivity index (χ0n) is 14.2. The maximum absolute atomic E-state index is 12.5. The topological polar surface area (TPSA) is 83.6 Å². The van der Waals surface area contributed by atoms with E-state index in [0.29, 0.717) is 23.4 Å². The van der Waals surface area contributed by atoms with Crippen molar-refractivity contribution in [2.45, 2.75) is 26.7 Å². The summed E-state index contributed by atoms with van der Waals surface area (Å²) in [5.74, 6) is -0.641. The molecule has 25 heavy (non-hydrogen) atoms. The molecule has 2 N–H and O–H groups in total. The number of aromatic nitrogens is 1. The maximum atomic E-state index is 12.5. The highest BCUT2D eigenvalue weighted by atomic mass is 16.5. The number of carbonyl (C=O) groups excluding carboxylic acids is 2. The van der Waals surface area contributed by atoms with E-state index >= 15 is 0 Å². The first-order valence-corrected chi connectivity index (χ1v) is 8.42. The summed E-state index contributed by atoms with van der Waals surface area (Å²) in [5, 5.41) is 4.99. The first-order valence-electron chi connectivity index (χ1n) is 8.42. The van der Waals surface area contributed by atoms with Crippen molar-refractivity contribution in [3.8, 4) is 0 Å². The van der Waals surface area contributed by atoms with Gasteiger partial charge in [0, 0.05) is 16.3 Å². The Labute approximate surface area is 144 Å². The average Bonchev–Trinajstić information content (AvgIpc) is 3.07. The average molecular weight is 337 g/mol. The lowest BCUT2D eigenvalue weighted by atomic mass is 9.94. The minimum atomic E-state index is -0.402. The number of amides is 1. The maximum Gasteiger partial charge on any atom is 0.340 e. The molecule has 2 aliphatic rings. The minimum Gasteiger partial charge on any atom is -0.462 e. The Bertz CT molecular complexity index is 948. The zero-order chi connectivity index (χ0) is 17.6. The van der Waals surface area contributed by atoms with Gasteiger partial charge < -0.3 is 9.72 Å². The molecule has 0 bridgehead atoms. The molecule has 1 aromatic heterocycles. The van der Waals surface area contributed by atoms with Gasteiger partial charge in [0.25, 0.3) is 5.91 Å². The number of esters is 1. The third-order valence-electron chi connectivity index (χ3n) is 4.84. The van der Waals surface area contributed by atoms with Gasteiger partial charge in [-0.3, -0.25) is 4.79 Å². The Hall–Kier alpha value is -2.89. The van der Waals surface area contributed by atoms with Gasteiger partial charge in [-0.15, -0.1) is 0 Å². The number of hydrazone groups is 1. The van der Waals surface area contributed by atoms with Crippen LogP contribution in [-0.2, 0) is 9.53 Å². The smallest absolute Gasteiger partial charge is 0.340 e. The minimum absolute atomic E-state index is 0.0545. The molecular formula is C19H19N3O3. The van der Waals surface area contributed by atoms with E-state index in [0.717, 1.165) is 29.5 Å². The van der Waals surface area contributed by atoms with Crippen LogP contribution in [-0.4, -0.2) is 29.2 Å². The molecule has 4 rings (SSSR count). The van der Waals surface area contributed by atoms with E-state index in [2.05, 4.69) is 22.4 Å². The molecule has 1 saturated carbocycles. The monoisotopic (exact) mass is 337 g/mol. The van der Waals surface area contributed by atoms with Crippen molar-refractivity contribution in [3.05, 3.63) is 41.1 Å². The second kappa shape index (κ2) is 5.58. The first-order chi connectivity index (χ1) is 12.0. The fourth-order valence-electron chi connectivity index (χ4n) is 3.19. The largest absolute Gasteiger partial charge is 0.462 e. The van der Waals surface area contributed by atoms with Crippen molar-refractivity contribution in [1.29, 1.82) is 0 Å². The molecule has 1 fully saturated rings. The number of carbonyl (C=O) groups is 2. The Morgan fingerprint density at radius 2 is 2.12 bits per heavy atom. The molecule has 1 aromatic carbocycles. The number of nitrogens with zero attached hydrogens (tertiary/aromatic N) is 1. The molecule has 128 valence electrons. The molecule has 2 aromatic rings. The molecule has 1 aliphatic heterocycles. The first kappa shape index (κ1) is 15.6. The van der Waals surface area contributed by atoms with Gasteiger partial charge in [0.1, 0.15) is 0 Å². The van der Waals surface area contributed by atoms with Crippen LogP contribution in [0.4, 0.5) is 0 Å². The Kier molecular flexibility index (Phi) is 3.49. The summed E-state index contributed by atoms with van der Waals surface area (Å²) < 4.78 is 5.21. The zero-order valence-corrected chi connectivity index (χ0v) is 14.2. The predicted molar refractivity (Wildman–Crippen MR) is 95.2 cm³/mol. The van der Waals surface area contributed by atoms with Gasteiger partial charge in [-0.25, -0.2) is 10.2 Å². The van der Waals surface area contributed by atoms with Crippen LogP contribution in [0.5, 0.6) is 0 Å². The number of hydrogen-bond donors (Lipinski definition) is 2. The van der Waals surface area contributed by atoms with Crippen molar-refractivity contribution in [2.75, 3.05) is 6.61 Å². The summed E-state index contributed by atoms with van der Waals surface area (Å²) in [6, 6.07) is 7.53. The van der Waals surface area contributed by atoms with Crippen LogP contribution in [0, 0.1) is 5.41 Å². The Morgan fingerprint density at radius 3 is 2.84 bits per heavy atom. The molecule has 6 heteroatoms. The van der Waals surface area contributed by atoms with Gasteiger partial charge in [-0.05, 0) is 31.9 Å². The highest BCUT2D eigenvalue weighted by molar-refractivity contribution is 6.30. The van der Waals surface area contributed by atoms with Gasteiger partial charge in [0.05, 0.1) is 29.1 Å². The van der Waals surface area contributed by atoms with E-state index in [-0.39, 0.29) is 11.3 Å². The summed E-state index contributed by atoms with van der Waals surface area (Å²) in [4.78, 5) is 28.0. The third kappa shape index (κ3) is 2.54. The van der Waals surface area contributed by atoms with Crippen LogP contribution in [0.15, 0.2) is 34.9 Å². The molecule has 0 atom stereocenters. The van der Waals surface area contributed by atoms with Crippen LogP contribution in [0.25, 0.3) is 17.0 Å². The Morgan fingerprint density at radius 1 is 1.36 bits per heavy atom. The number of nitrogens with one attached hydrogen (secondary N) is 2. The highest BCUT2D eigenvalue weighted by Gasteiger charge is 2.47. The fraction of sp³-hybridized carbons (Fsp3) is 0.316. The van der Waals surface area contributed by atoms with Crippen LogP contribution in [0.2, 0.25) is 0 Å². The summed E-state index contributed by atoms with van der Waals surface area (Å²) in [5.41, 5.74) is 5.62. The second-order valence-electron chi connectivity index (χ2n) is 6.70. The lowest BCUT2D eigenvalue weighted by molar-refractivity contribution is -0.116. The number of aromatic amines is 1. The SMILES string of the molecule is CCOC(=O)c1c(C=C2C(=O)NN=C2C2(C)CC2)[nH]c2ccccc12. The number of H-pyrrole nitrogens is 1. The molecule has 6 nitrogen and oxygen atoms in total. The van der Waals surface area contributed by atoms with Crippen molar-refractivity contribution in [3.63, 3.8) is 0 Å². The lowest BCUT2D eigenvalue weighted by Gasteiger charge is -2.08. The molecule has 0 unspecified atom stereocenters. The van der Waals surface area contributed by atoms with Crippen molar-refractivity contribution < 1.29 is 14.3 Å². The van der Waals surface area contributed by atoms with Gasteiger partial charge in [-0.1, -0.05) is 25.1 Å². The van der Waals surface area contributed by atoms with E-state index in [1.54, 1.807) is 13.0 Å². The van der Waals surface area contributed by atoms with E-state index in [4.69, 9.17) is 4.74 Å². The highest BCUT2D eigenvalue weighted by Crippen LogP contribution is 2.49. The lowest BCUT2D eigenvalue weighted by Crippen LogP contribution is -2.17. The molecule has 1 amide bonds. The normalized spacial score (nSPS) is 19.8. The van der Waals surface area contributed by atoms with E-state index in [1.807, 2.05) is 24.3 Å². The summed E-state index contributed by atoms with van der Waals surface area (Å²) in [7, 11) is 0. The third-order valence-corrected chi connectivity index (χ3v) is 4.84. The van der Waals surface area contributed by atoms with Gasteiger partial charge >= 0.3 is 5.97 Å². The fourth-order valence-corrected chi connectivity index (χ4v) is 3.19. The van der Waals surface area contributed by atoms with Gasteiger partial charge in [0.15, 0.2) is 0 Å². The summed E-state index contributed by atoms with van der Waals surface area (Å²) >= 11 is 0. The van der Waals surface area contributed by atoms with E-state index < -0.39 is 5.97 Å². The molecular weight excluding hydrogens is 318 g/mol. The number of benzene rings is 1. The number of fused-ring (bicyclic) bond motifs is 1. The second-order valence-corrected chi connectivity index (χ2v) is 6.70. The quantitative estimate of drug-likeness (QED) is 0.664. The van der Waals surface area contributed by atoms with E-state index in [9.17, 15) is 9.59 Å². The standard InChI is InChI=1S/C19H19N3O3/c1-3-25-18(24)15-11-6-4-5-7-13(11)20-14(15)10-12-16(19(2)8-9-19)21-22-17(12)23/h4-7,10,20H,3,8-9H2,1-2H3,(H,22,23). The summed E-state index contributed by atoms with van der Waals surface area (Å²) in [6.07, 6.45) is 3.74. The molecule has 2 heterocycles. The predicted octanol–water partition coefficient (Wildman–Crippen LogP) is 3.01. The van der Waals surface area contributed by atoms with Crippen molar-refractivity contribution >= 4 is 34.6 Å². The van der Waals surface area contributed by atoms with E-state index in [1.165, 1.54) is 0 Å². The van der Waals surface area contributed by atoms with Crippen molar-refractivity contribution in [1.82, 2.24) is 10.4 Å². The van der Waals surface area contributed by atoms with Gasteiger partial charge in [0.2, 0.25) is 0 Å². The van der Waals surface area contributed by atoms with Crippen LogP contribution >= 0.6 is 0 Å². The number of para-hydroxylation sites is 1. The molecule has 0 radical (unpaired) electrons. The van der Waals surface area contributed by atoms with Crippen LogP contribution < -0.4 is 5.43 Å². The van der Waals surface area contributed by atoms with Crippen LogP contribution in [0.1, 0.15) is 42.7 Å². The number of hydrogen-bond acceptors (Lipinski definition) is 4. The molecule has 0 spiro atoms.